The zero-order chi connectivity index (χ0) is 34.6. The van der Waals surface area contributed by atoms with E-state index in [-0.39, 0.29) is 0 Å². The molecule has 0 bridgehead atoms. The Hall–Kier alpha value is -6.49. The van der Waals surface area contributed by atoms with Crippen molar-refractivity contribution in [2.45, 2.75) is 6.42 Å². The molecular weight excluding hydrogens is 651 g/mol. The number of benzene rings is 8. The van der Waals surface area contributed by atoms with E-state index in [1.165, 1.54) is 58.3 Å². The Morgan fingerprint density at radius 2 is 1.29 bits per heavy atom. The second kappa shape index (κ2) is 12.4. The summed E-state index contributed by atoms with van der Waals surface area (Å²) in [7, 11) is 0. The molecule has 0 radical (unpaired) electrons. The fourth-order valence-electron chi connectivity index (χ4n) is 7.76. The Morgan fingerprint density at radius 3 is 2.15 bits per heavy atom. The van der Waals surface area contributed by atoms with Crippen LogP contribution < -0.4 is 5.73 Å². The Kier molecular flexibility index (Phi) is 7.22. The maximum absolute atomic E-state index is 6.97. The highest BCUT2D eigenvalue weighted by atomic mass is 32.1. The van der Waals surface area contributed by atoms with E-state index in [4.69, 9.17) is 10.7 Å². The molecule has 0 aliphatic carbocycles. The molecule has 2 heterocycles. The molecule has 10 aromatic rings. The van der Waals surface area contributed by atoms with Gasteiger partial charge in [0.2, 0.25) is 0 Å². The van der Waals surface area contributed by atoms with Gasteiger partial charge in [0, 0.05) is 37.5 Å². The first kappa shape index (κ1) is 30.3. The van der Waals surface area contributed by atoms with E-state index in [0.717, 1.165) is 40.0 Å². The van der Waals surface area contributed by atoms with Gasteiger partial charge in [-0.25, -0.2) is 4.99 Å². The Balaban J connectivity index is 1.12. The summed E-state index contributed by atoms with van der Waals surface area (Å²) in [6.07, 6.45) is 0.780. The van der Waals surface area contributed by atoms with Crippen molar-refractivity contribution in [3.63, 3.8) is 0 Å². The van der Waals surface area contributed by atoms with Crippen LogP contribution in [0.5, 0.6) is 0 Å². The minimum Gasteiger partial charge on any atom is -0.383 e. The first-order valence-electron chi connectivity index (χ1n) is 17.6. The Bertz CT molecular complexity index is 2990. The summed E-state index contributed by atoms with van der Waals surface area (Å²) in [4.78, 5) is 5.25. The highest BCUT2D eigenvalue weighted by Gasteiger charge is 2.17. The number of aromatic nitrogens is 1. The number of para-hydroxylation sites is 1. The third-order valence-electron chi connectivity index (χ3n) is 10.2. The van der Waals surface area contributed by atoms with Crippen LogP contribution in [0.25, 0.3) is 69.6 Å². The molecule has 0 saturated carbocycles. The molecule has 10 rings (SSSR count). The van der Waals surface area contributed by atoms with Crippen molar-refractivity contribution < 1.29 is 0 Å². The molecular formula is C48H33N3S. The number of amidine groups is 1. The van der Waals surface area contributed by atoms with Gasteiger partial charge in [0.05, 0.1) is 21.4 Å². The first-order valence-corrected chi connectivity index (χ1v) is 18.4. The summed E-state index contributed by atoms with van der Waals surface area (Å²) in [5.74, 6) is 0.508. The molecule has 2 aromatic heterocycles. The van der Waals surface area contributed by atoms with E-state index >= 15 is 0 Å². The lowest BCUT2D eigenvalue weighted by molar-refractivity contribution is 1.18. The van der Waals surface area contributed by atoms with Crippen molar-refractivity contribution >= 4 is 75.6 Å². The van der Waals surface area contributed by atoms with Gasteiger partial charge in [-0.2, -0.15) is 0 Å². The summed E-state index contributed by atoms with van der Waals surface area (Å²) in [6, 6.07) is 62.8. The van der Waals surface area contributed by atoms with Gasteiger partial charge in [-0.1, -0.05) is 133 Å². The molecule has 2 N–H and O–H groups in total. The van der Waals surface area contributed by atoms with E-state index in [2.05, 4.69) is 180 Å². The molecule has 0 amide bonds. The van der Waals surface area contributed by atoms with Gasteiger partial charge in [-0.3, -0.25) is 0 Å². The average molecular weight is 684 g/mol. The Labute approximate surface area is 305 Å². The minimum atomic E-state index is 0.508. The third-order valence-corrected chi connectivity index (χ3v) is 11.4. The number of thiophene rings is 1. The molecule has 0 aliphatic heterocycles. The van der Waals surface area contributed by atoms with Crippen LogP contribution in [0.1, 0.15) is 16.7 Å². The fourth-order valence-corrected chi connectivity index (χ4v) is 8.98. The highest BCUT2D eigenvalue weighted by Crippen LogP contribution is 2.43. The standard InChI is InChI=1S/C48H33N3S/c49-48(50-46-35(28-31-12-3-1-4-13-31)22-25-40-39-20-9-10-21-44(39)52-47(40)46)36-16-11-15-33(29-36)34-24-26-42-41(30-34)45-38-19-8-7-14-32(38)23-27-43(45)51(42)37-17-5-2-6-18-37/h1-27,29-30H,28H2,(H2,49,50). The molecule has 0 fully saturated rings. The van der Waals surface area contributed by atoms with E-state index in [0.29, 0.717) is 5.84 Å². The summed E-state index contributed by atoms with van der Waals surface area (Å²) in [5, 5.41) is 7.44. The molecule has 0 atom stereocenters. The van der Waals surface area contributed by atoms with Crippen LogP contribution in [0.3, 0.4) is 0 Å². The lowest BCUT2D eigenvalue weighted by atomic mass is 9.98. The summed E-state index contributed by atoms with van der Waals surface area (Å²) in [6.45, 7) is 0. The monoisotopic (exact) mass is 683 g/mol. The molecule has 8 aromatic carbocycles. The number of nitrogens with zero attached hydrogens (tertiary/aromatic N) is 2. The lowest BCUT2D eigenvalue weighted by Gasteiger charge is -2.11. The molecule has 0 saturated heterocycles. The fraction of sp³-hybridized carbons (Fsp3) is 0.0208. The van der Waals surface area contributed by atoms with Gasteiger partial charge in [-0.05, 0) is 81.9 Å². The summed E-state index contributed by atoms with van der Waals surface area (Å²) in [5.41, 5.74) is 17.0. The lowest BCUT2D eigenvalue weighted by Crippen LogP contribution is -2.13. The van der Waals surface area contributed by atoms with Gasteiger partial charge in [0.25, 0.3) is 0 Å². The molecule has 4 heteroatoms. The largest absolute Gasteiger partial charge is 0.383 e. The quantitative estimate of drug-likeness (QED) is 0.138. The van der Waals surface area contributed by atoms with Gasteiger partial charge < -0.3 is 10.3 Å². The maximum atomic E-state index is 6.97. The zero-order valence-corrected chi connectivity index (χ0v) is 29.1. The van der Waals surface area contributed by atoms with Crippen molar-refractivity contribution in [2.75, 3.05) is 0 Å². The predicted molar refractivity (Wildman–Crippen MR) is 223 cm³/mol. The number of fused-ring (bicyclic) bond motifs is 8. The van der Waals surface area contributed by atoms with Crippen molar-refractivity contribution in [3.8, 4) is 16.8 Å². The van der Waals surface area contributed by atoms with Gasteiger partial charge in [0.15, 0.2) is 0 Å². The average Bonchev–Trinajstić information content (AvgIpc) is 3.75. The second-order valence-corrected chi connectivity index (χ2v) is 14.4. The predicted octanol–water partition coefficient (Wildman–Crippen LogP) is 12.6. The zero-order valence-electron chi connectivity index (χ0n) is 28.3. The van der Waals surface area contributed by atoms with Crippen LogP contribution in [-0.4, -0.2) is 10.4 Å². The van der Waals surface area contributed by atoms with E-state index in [1.54, 1.807) is 11.3 Å². The second-order valence-electron chi connectivity index (χ2n) is 13.4. The number of hydrogen-bond acceptors (Lipinski definition) is 2. The number of rotatable bonds is 6. The topological polar surface area (TPSA) is 43.3 Å². The van der Waals surface area contributed by atoms with E-state index in [9.17, 15) is 0 Å². The van der Waals surface area contributed by atoms with Crippen LogP contribution >= 0.6 is 11.3 Å². The number of aliphatic imine (C=N–C) groups is 1. The highest BCUT2D eigenvalue weighted by molar-refractivity contribution is 7.26. The van der Waals surface area contributed by atoms with Crippen LogP contribution in [0.4, 0.5) is 5.69 Å². The van der Waals surface area contributed by atoms with Gasteiger partial charge in [0.1, 0.15) is 5.84 Å². The van der Waals surface area contributed by atoms with Crippen molar-refractivity contribution in [1.29, 1.82) is 0 Å². The van der Waals surface area contributed by atoms with Crippen LogP contribution in [0.15, 0.2) is 181 Å². The van der Waals surface area contributed by atoms with Gasteiger partial charge >= 0.3 is 0 Å². The third kappa shape index (κ3) is 5.07. The molecule has 52 heavy (non-hydrogen) atoms. The maximum Gasteiger partial charge on any atom is 0.131 e. The van der Waals surface area contributed by atoms with Crippen LogP contribution in [0.2, 0.25) is 0 Å². The number of nitrogens with two attached hydrogens (primary N) is 1. The molecule has 3 nitrogen and oxygen atoms in total. The van der Waals surface area contributed by atoms with E-state index < -0.39 is 0 Å². The van der Waals surface area contributed by atoms with Crippen LogP contribution in [-0.2, 0) is 6.42 Å². The molecule has 0 spiro atoms. The van der Waals surface area contributed by atoms with Crippen LogP contribution in [0, 0.1) is 0 Å². The SMILES string of the molecule is NC(=Nc1c(Cc2ccccc2)ccc2c1sc1ccccc12)c1cccc(-c2ccc3c(c2)c2c4ccccc4ccc2n3-c2ccccc2)c1. The molecule has 0 unspecified atom stereocenters. The van der Waals surface area contributed by atoms with Crippen molar-refractivity contribution in [3.05, 3.63) is 193 Å². The normalized spacial score (nSPS) is 12.1. The minimum absolute atomic E-state index is 0.508. The van der Waals surface area contributed by atoms with E-state index in [1.807, 2.05) is 0 Å². The summed E-state index contributed by atoms with van der Waals surface area (Å²) < 4.78 is 4.80. The Morgan fingerprint density at radius 1 is 0.558 bits per heavy atom. The van der Waals surface area contributed by atoms with Crippen molar-refractivity contribution in [2.24, 2.45) is 10.7 Å². The first-order chi connectivity index (χ1) is 25.7. The molecule has 246 valence electrons. The van der Waals surface area contributed by atoms with Gasteiger partial charge in [-0.15, -0.1) is 11.3 Å². The smallest absolute Gasteiger partial charge is 0.131 e. The molecule has 0 aliphatic rings. The summed E-state index contributed by atoms with van der Waals surface area (Å²) >= 11 is 1.79. The van der Waals surface area contributed by atoms with Crippen molar-refractivity contribution in [1.82, 2.24) is 4.57 Å². The number of hydrogen-bond donors (Lipinski definition) is 1.